The third-order valence-corrected chi connectivity index (χ3v) is 4.21. The molecule has 0 bridgehead atoms. The highest BCUT2D eigenvalue weighted by molar-refractivity contribution is 5.65. The van der Waals surface area contributed by atoms with Crippen LogP contribution >= 0.6 is 0 Å². The monoisotopic (exact) mass is 324 g/mol. The van der Waals surface area contributed by atoms with Gasteiger partial charge in [0.15, 0.2) is 0 Å². The molecule has 0 saturated carbocycles. The maximum absolute atomic E-state index is 10.6. The van der Waals surface area contributed by atoms with Gasteiger partial charge in [0, 0.05) is 6.92 Å². The van der Waals surface area contributed by atoms with Gasteiger partial charge < -0.3 is 4.74 Å². The van der Waals surface area contributed by atoms with Crippen molar-refractivity contribution < 1.29 is 9.53 Å². The second-order valence-corrected chi connectivity index (χ2v) is 6.63. The second kappa shape index (κ2) is 19.3. The number of carbonyl (C=O) groups excluding carboxylic acids is 1. The lowest BCUT2D eigenvalue weighted by Gasteiger charge is -2.02. The van der Waals surface area contributed by atoms with Crippen molar-refractivity contribution in [1.29, 1.82) is 0 Å². The molecule has 0 aromatic rings. The van der Waals surface area contributed by atoms with E-state index in [1.807, 2.05) is 0 Å². The molecule has 0 amide bonds. The highest BCUT2D eigenvalue weighted by Crippen LogP contribution is 2.12. The molecule has 0 aliphatic carbocycles. The number of rotatable bonds is 17. The third kappa shape index (κ3) is 21.2. The minimum absolute atomic E-state index is 0.175. The van der Waals surface area contributed by atoms with Crippen molar-refractivity contribution in [3.05, 3.63) is 12.2 Å². The molecule has 0 heterocycles. The van der Waals surface area contributed by atoms with Gasteiger partial charge in [-0.1, -0.05) is 89.7 Å². The van der Waals surface area contributed by atoms with E-state index in [-0.39, 0.29) is 5.97 Å². The Bertz CT molecular complexity index is 271. The molecule has 2 nitrogen and oxygen atoms in total. The minimum Gasteiger partial charge on any atom is -0.466 e. The van der Waals surface area contributed by atoms with E-state index in [4.69, 9.17) is 4.74 Å². The van der Waals surface area contributed by atoms with Crippen molar-refractivity contribution in [2.45, 2.75) is 110 Å². The van der Waals surface area contributed by atoms with Crippen LogP contribution in [0, 0.1) is 0 Å². The first kappa shape index (κ1) is 22.2. The van der Waals surface area contributed by atoms with Crippen LogP contribution in [0.1, 0.15) is 110 Å². The zero-order chi connectivity index (χ0) is 17.0. The Hall–Kier alpha value is -0.790. The molecule has 0 aliphatic rings. The maximum Gasteiger partial charge on any atom is 0.302 e. The maximum atomic E-state index is 10.6. The lowest BCUT2D eigenvalue weighted by atomic mass is 10.0. The summed E-state index contributed by atoms with van der Waals surface area (Å²) in [5, 5.41) is 0. The first-order chi connectivity index (χ1) is 11.3. The van der Waals surface area contributed by atoms with Crippen LogP contribution in [-0.4, -0.2) is 12.6 Å². The van der Waals surface area contributed by atoms with E-state index in [1.165, 1.54) is 90.4 Å². The fourth-order valence-corrected chi connectivity index (χ4v) is 2.76. The fraction of sp³-hybridized carbons (Fsp3) is 0.857. The number of hydrogen-bond acceptors (Lipinski definition) is 2. The Morgan fingerprint density at radius 3 is 1.61 bits per heavy atom. The van der Waals surface area contributed by atoms with E-state index in [0.29, 0.717) is 6.61 Å². The first-order valence-corrected chi connectivity index (χ1v) is 10.1. The number of esters is 1. The summed E-state index contributed by atoms with van der Waals surface area (Å²) in [6.45, 7) is 4.29. The van der Waals surface area contributed by atoms with E-state index in [2.05, 4.69) is 19.1 Å². The highest BCUT2D eigenvalue weighted by Gasteiger charge is 1.93. The number of unbranched alkanes of at least 4 members (excludes halogenated alkanes) is 13. The molecule has 2 heteroatoms. The van der Waals surface area contributed by atoms with Crippen LogP contribution in [0.25, 0.3) is 0 Å². The summed E-state index contributed by atoms with van der Waals surface area (Å²) >= 11 is 0. The van der Waals surface area contributed by atoms with E-state index >= 15 is 0 Å². The molecular formula is C21H40O2. The van der Waals surface area contributed by atoms with E-state index in [1.54, 1.807) is 0 Å². The van der Waals surface area contributed by atoms with Crippen molar-refractivity contribution >= 4 is 5.97 Å². The van der Waals surface area contributed by atoms with Gasteiger partial charge in [0.25, 0.3) is 0 Å². The van der Waals surface area contributed by atoms with E-state index < -0.39 is 0 Å². The number of hydrogen-bond donors (Lipinski definition) is 0. The Kier molecular flexibility index (Phi) is 18.6. The van der Waals surface area contributed by atoms with Gasteiger partial charge in [-0.05, 0) is 25.7 Å². The standard InChI is InChI=1S/C21H40O2/c1-3-4-5-6-7-8-9-10-11-12-13-14-15-16-17-18-19-20-23-21(2)22/h16-17H,3-15,18-20H2,1-2H3/b17-16-. The van der Waals surface area contributed by atoms with Crippen LogP contribution in [0.3, 0.4) is 0 Å². The summed E-state index contributed by atoms with van der Waals surface area (Å²) in [4.78, 5) is 10.6. The summed E-state index contributed by atoms with van der Waals surface area (Å²) in [6, 6.07) is 0. The van der Waals surface area contributed by atoms with Gasteiger partial charge >= 0.3 is 5.97 Å². The summed E-state index contributed by atoms with van der Waals surface area (Å²) in [5.74, 6) is -0.175. The summed E-state index contributed by atoms with van der Waals surface area (Å²) in [7, 11) is 0. The molecule has 0 fully saturated rings. The largest absolute Gasteiger partial charge is 0.466 e. The molecule has 0 radical (unpaired) electrons. The molecule has 0 saturated heterocycles. The van der Waals surface area contributed by atoms with E-state index in [9.17, 15) is 4.79 Å². The Labute approximate surface area is 145 Å². The van der Waals surface area contributed by atoms with Crippen molar-refractivity contribution in [3.8, 4) is 0 Å². The second-order valence-electron chi connectivity index (χ2n) is 6.63. The molecular weight excluding hydrogens is 284 g/mol. The van der Waals surface area contributed by atoms with Gasteiger partial charge in [-0.25, -0.2) is 0 Å². The van der Waals surface area contributed by atoms with Crippen molar-refractivity contribution in [1.82, 2.24) is 0 Å². The molecule has 0 atom stereocenters. The fourth-order valence-electron chi connectivity index (χ4n) is 2.76. The molecule has 0 aromatic carbocycles. The number of ether oxygens (including phenoxy) is 1. The molecule has 0 spiro atoms. The van der Waals surface area contributed by atoms with Crippen molar-refractivity contribution in [2.24, 2.45) is 0 Å². The number of carbonyl (C=O) groups is 1. The first-order valence-electron chi connectivity index (χ1n) is 10.1. The molecule has 0 N–H and O–H groups in total. The lowest BCUT2D eigenvalue weighted by Crippen LogP contribution is -1.99. The van der Waals surface area contributed by atoms with Gasteiger partial charge in [-0.3, -0.25) is 4.79 Å². The van der Waals surface area contributed by atoms with Crippen molar-refractivity contribution in [3.63, 3.8) is 0 Å². The Morgan fingerprint density at radius 2 is 1.13 bits per heavy atom. The minimum atomic E-state index is -0.175. The zero-order valence-electron chi connectivity index (χ0n) is 15.8. The topological polar surface area (TPSA) is 26.3 Å². The quantitative estimate of drug-likeness (QED) is 0.164. The van der Waals surface area contributed by atoms with Gasteiger partial charge in [-0.2, -0.15) is 0 Å². The van der Waals surface area contributed by atoms with E-state index in [0.717, 1.165) is 12.8 Å². The van der Waals surface area contributed by atoms with Crippen LogP contribution in [0.15, 0.2) is 12.2 Å². The lowest BCUT2D eigenvalue weighted by molar-refractivity contribution is -0.141. The summed E-state index contributed by atoms with van der Waals surface area (Å²) < 4.78 is 4.89. The van der Waals surface area contributed by atoms with Gasteiger partial charge in [-0.15, -0.1) is 0 Å². The zero-order valence-corrected chi connectivity index (χ0v) is 15.8. The average Bonchev–Trinajstić information content (AvgIpc) is 2.53. The predicted molar refractivity (Wildman–Crippen MR) is 101 cm³/mol. The Balaban J connectivity index is 3.06. The van der Waals surface area contributed by atoms with Crippen molar-refractivity contribution in [2.75, 3.05) is 6.61 Å². The van der Waals surface area contributed by atoms with Crippen LogP contribution in [0.2, 0.25) is 0 Å². The SMILES string of the molecule is CCCCCCCCCCCCCC/C=C\CCCOC(C)=O. The third-order valence-electron chi connectivity index (χ3n) is 4.21. The van der Waals surface area contributed by atoms with Gasteiger partial charge in [0.1, 0.15) is 0 Å². The summed E-state index contributed by atoms with van der Waals surface area (Å²) in [5.41, 5.74) is 0. The molecule has 0 rings (SSSR count). The molecule has 136 valence electrons. The average molecular weight is 325 g/mol. The van der Waals surface area contributed by atoms with Crippen LogP contribution < -0.4 is 0 Å². The smallest absolute Gasteiger partial charge is 0.302 e. The normalized spacial score (nSPS) is 11.2. The van der Waals surface area contributed by atoms with Crippen LogP contribution in [0.5, 0.6) is 0 Å². The Morgan fingerprint density at radius 1 is 0.696 bits per heavy atom. The van der Waals surface area contributed by atoms with Crippen LogP contribution in [-0.2, 0) is 9.53 Å². The molecule has 0 unspecified atom stereocenters. The van der Waals surface area contributed by atoms with Gasteiger partial charge in [0.2, 0.25) is 0 Å². The molecule has 0 aromatic heterocycles. The summed E-state index contributed by atoms with van der Waals surface area (Å²) in [6.07, 6.45) is 24.6. The van der Waals surface area contributed by atoms with Gasteiger partial charge in [0.05, 0.1) is 6.61 Å². The number of allylic oxidation sites excluding steroid dienone is 2. The predicted octanol–water partition coefficient (Wildman–Crippen LogP) is 6.98. The van der Waals surface area contributed by atoms with Crippen LogP contribution in [0.4, 0.5) is 0 Å². The molecule has 0 aliphatic heterocycles. The molecule has 23 heavy (non-hydrogen) atoms. The highest BCUT2D eigenvalue weighted by atomic mass is 16.5.